The van der Waals surface area contributed by atoms with E-state index in [9.17, 15) is 8.42 Å². The van der Waals surface area contributed by atoms with Gasteiger partial charge in [-0.2, -0.15) is 8.42 Å². The van der Waals surface area contributed by atoms with E-state index in [1.807, 2.05) is 60.7 Å². The number of hydrogen-bond acceptors (Lipinski definition) is 3. The maximum Gasteiger partial charge on any atom is 0.264 e. The largest absolute Gasteiger partial charge is 0.457 e. The summed E-state index contributed by atoms with van der Waals surface area (Å²) in [6, 6.07) is 19.5. The Morgan fingerprint density at radius 2 is 1.03 bits per heavy atom. The van der Waals surface area contributed by atoms with Crippen molar-refractivity contribution in [3.63, 3.8) is 0 Å². The lowest BCUT2D eigenvalue weighted by atomic mass is 10.1. The van der Waals surface area contributed by atoms with Gasteiger partial charge in [-0.1, -0.05) is 101 Å². The molecule has 1 N–H and O–H groups in total. The summed E-state index contributed by atoms with van der Waals surface area (Å²) < 4.78 is 34.9. The average Bonchev–Trinajstić information content (AvgIpc) is 2.71. The highest BCUT2D eigenvalue weighted by atomic mass is 32.2. The molecule has 4 nitrogen and oxygen atoms in total. The maximum atomic E-state index is 10.4. The molecule has 0 spiro atoms. The zero-order valence-corrected chi connectivity index (χ0v) is 18.4. The highest BCUT2D eigenvalue weighted by Crippen LogP contribution is 2.19. The third kappa shape index (κ3) is 15.7. The van der Waals surface area contributed by atoms with Gasteiger partial charge in [-0.25, -0.2) is 0 Å². The Labute approximate surface area is 177 Å². The van der Waals surface area contributed by atoms with Gasteiger partial charge in [0.15, 0.2) is 0 Å². The van der Waals surface area contributed by atoms with Crippen molar-refractivity contribution in [3.8, 4) is 11.5 Å². The van der Waals surface area contributed by atoms with Crippen LogP contribution in [0.25, 0.3) is 0 Å². The first kappa shape index (κ1) is 25.2. The number of benzene rings is 2. The Bertz CT molecular complexity index is 678. The summed E-state index contributed by atoms with van der Waals surface area (Å²) in [5.41, 5.74) is 0. The average molecular weight is 421 g/mol. The van der Waals surface area contributed by atoms with Crippen molar-refractivity contribution in [2.75, 3.05) is 5.75 Å². The lowest BCUT2D eigenvalue weighted by Crippen LogP contribution is -2.03. The number of ether oxygens (including phenoxy) is 1. The van der Waals surface area contributed by atoms with Crippen molar-refractivity contribution in [3.05, 3.63) is 60.7 Å². The van der Waals surface area contributed by atoms with Gasteiger partial charge >= 0.3 is 0 Å². The lowest BCUT2D eigenvalue weighted by molar-refractivity contribution is 0.478. The number of para-hydroxylation sites is 2. The predicted molar refractivity (Wildman–Crippen MR) is 121 cm³/mol. The van der Waals surface area contributed by atoms with E-state index in [0.717, 1.165) is 24.3 Å². The molecule has 29 heavy (non-hydrogen) atoms. The van der Waals surface area contributed by atoms with Gasteiger partial charge < -0.3 is 4.74 Å². The summed E-state index contributed by atoms with van der Waals surface area (Å²) in [6.45, 7) is 2.22. The molecule has 162 valence electrons. The number of rotatable bonds is 13. The quantitative estimate of drug-likeness (QED) is 0.273. The minimum absolute atomic E-state index is 0.0799. The number of unbranched alkanes of at least 4 members (excludes halogenated alkanes) is 9. The van der Waals surface area contributed by atoms with Crippen LogP contribution in [0.5, 0.6) is 11.5 Å². The zero-order chi connectivity index (χ0) is 21.2. The molecule has 0 saturated carbocycles. The molecule has 5 heteroatoms. The van der Waals surface area contributed by atoms with Crippen LogP contribution < -0.4 is 4.74 Å². The normalized spacial score (nSPS) is 10.8. The van der Waals surface area contributed by atoms with Crippen molar-refractivity contribution >= 4 is 10.1 Å². The van der Waals surface area contributed by atoms with Gasteiger partial charge in [0.2, 0.25) is 0 Å². The Morgan fingerprint density at radius 1 is 0.655 bits per heavy atom. The van der Waals surface area contributed by atoms with Gasteiger partial charge in [0, 0.05) is 0 Å². The van der Waals surface area contributed by atoms with Crippen LogP contribution in [0.2, 0.25) is 0 Å². The molecular weight excluding hydrogens is 384 g/mol. The molecular formula is C24H36O4S. The minimum atomic E-state index is -3.73. The molecule has 0 aliphatic carbocycles. The highest BCUT2D eigenvalue weighted by molar-refractivity contribution is 7.85. The van der Waals surface area contributed by atoms with Crippen molar-refractivity contribution in [2.24, 2.45) is 0 Å². The predicted octanol–water partition coefficient (Wildman–Crippen LogP) is 7.27. The first-order valence-electron chi connectivity index (χ1n) is 10.7. The van der Waals surface area contributed by atoms with E-state index in [4.69, 9.17) is 9.29 Å². The van der Waals surface area contributed by atoms with E-state index in [0.29, 0.717) is 6.42 Å². The van der Waals surface area contributed by atoms with Gasteiger partial charge in [0.1, 0.15) is 11.5 Å². The fraction of sp³-hybridized carbons (Fsp3) is 0.500. The van der Waals surface area contributed by atoms with Crippen LogP contribution in [-0.4, -0.2) is 18.7 Å². The molecule has 0 heterocycles. The van der Waals surface area contributed by atoms with Crippen LogP contribution in [0.4, 0.5) is 0 Å². The van der Waals surface area contributed by atoms with Gasteiger partial charge in [0.05, 0.1) is 5.75 Å². The molecule has 0 fully saturated rings. The summed E-state index contributed by atoms with van der Waals surface area (Å²) in [7, 11) is -3.73. The van der Waals surface area contributed by atoms with E-state index in [2.05, 4.69) is 6.92 Å². The minimum Gasteiger partial charge on any atom is -0.457 e. The van der Waals surface area contributed by atoms with Crippen LogP contribution >= 0.6 is 0 Å². The third-order valence-electron chi connectivity index (χ3n) is 4.48. The summed E-state index contributed by atoms with van der Waals surface area (Å²) >= 11 is 0. The Hall–Kier alpha value is -1.85. The topological polar surface area (TPSA) is 63.6 Å². The maximum absolute atomic E-state index is 10.4. The van der Waals surface area contributed by atoms with E-state index in [1.54, 1.807) is 0 Å². The van der Waals surface area contributed by atoms with Gasteiger partial charge in [0.25, 0.3) is 10.1 Å². The molecule has 0 amide bonds. The van der Waals surface area contributed by atoms with E-state index < -0.39 is 10.1 Å². The van der Waals surface area contributed by atoms with Crippen LogP contribution in [0.3, 0.4) is 0 Å². The van der Waals surface area contributed by atoms with Crippen molar-refractivity contribution in [1.82, 2.24) is 0 Å². The third-order valence-corrected chi connectivity index (χ3v) is 5.28. The molecule has 0 aliphatic rings. The van der Waals surface area contributed by atoms with Gasteiger partial charge in [-0.3, -0.25) is 4.55 Å². The molecule has 0 atom stereocenters. The van der Waals surface area contributed by atoms with E-state index in [-0.39, 0.29) is 5.75 Å². The smallest absolute Gasteiger partial charge is 0.264 e. The van der Waals surface area contributed by atoms with Crippen molar-refractivity contribution in [2.45, 2.75) is 71.1 Å². The van der Waals surface area contributed by atoms with Crippen LogP contribution in [-0.2, 0) is 10.1 Å². The van der Waals surface area contributed by atoms with E-state index in [1.165, 1.54) is 44.9 Å². The second-order valence-electron chi connectivity index (χ2n) is 7.20. The Morgan fingerprint density at radius 3 is 1.41 bits per heavy atom. The molecule has 0 aromatic heterocycles. The van der Waals surface area contributed by atoms with Gasteiger partial charge in [-0.05, 0) is 30.7 Å². The molecule has 2 aromatic rings. The summed E-state index contributed by atoms with van der Waals surface area (Å²) in [4.78, 5) is 0. The molecule has 0 saturated heterocycles. The monoisotopic (exact) mass is 420 g/mol. The first-order valence-corrected chi connectivity index (χ1v) is 12.4. The standard InChI is InChI=1S/C12H26O3S.C12H10O/c1-2-3-4-5-6-7-8-9-10-11-12-16(13,14)15;1-3-7-11(8-4-1)13-12-9-5-2-6-10-12/h2-12H2,1H3,(H,13,14,15);1-10H. The molecule has 2 rings (SSSR count). The Balaban J connectivity index is 0.000000294. The molecule has 2 aromatic carbocycles. The second-order valence-corrected chi connectivity index (χ2v) is 8.77. The number of hydrogen-bond donors (Lipinski definition) is 1. The van der Waals surface area contributed by atoms with Crippen molar-refractivity contribution in [1.29, 1.82) is 0 Å². The first-order chi connectivity index (χ1) is 14.0. The lowest BCUT2D eigenvalue weighted by Gasteiger charge is -2.03. The van der Waals surface area contributed by atoms with Crippen LogP contribution in [0, 0.1) is 0 Å². The summed E-state index contributed by atoms with van der Waals surface area (Å²) in [6.07, 6.45) is 11.7. The van der Waals surface area contributed by atoms with Crippen LogP contribution in [0.1, 0.15) is 71.1 Å². The summed E-state index contributed by atoms with van der Waals surface area (Å²) in [5, 5.41) is 0. The molecule has 0 unspecified atom stereocenters. The van der Waals surface area contributed by atoms with Crippen LogP contribution in [0.15, 0.2) is 60.7 Å². The SMILES string of the molecule is CCCCCCCCCCCCS(=O)(=O)O.c1ccc(Oc2ccccc2)cc1. The van der Waals surface area contributed by atoms with Crippen molar-refractivity contribution < 1.29 is 17.7 Å². The fourth-order valence-corrected chi connectivity index (χ4v) is 3.45. The van der Waals surface area contributed by atoms with Gasteiger partial charge in [-0.15, -0.1) is 0 Å². The summed E-state index contributed by atoms with van der Waals surface area (Å²) in [5.74, 6) is 1.66. The zero-order valence-electron chi connectivity index (χ0n) is 17.6. The second kappa shape index (κ2) is 16.0. The molecule has 0 bridgehead atoms. The Kier molecular flexibility index (Phi) is 13.9. The fourth-order valence-electron chi connectivity index (χ4n) is 2.89. The highest BCUT2D eigenvalue weighted by Gasteiger charge is 2.02. The van der Waals surface area contributed by atoms with E-state index >= 15 is 0 Å². The molecule has 0 radical (unpaired) electrons. The molecule has 0 aliphatic heterocycles.